The number of nitrogens with one attached hydrogen (secondary N) is 2. The highest BCUT2D eigenvalue weighted by molar-refractivity contribution is 7.89. The Labute approximate surface area is 173 Å². The second-order valence-corrected chi connectivity index (χ2v) is 8.01. The molecule has 0 fully saturated rings. The van der Waals surface area contributed by atoms with Gasteiger partial charge in [0.15, 0.2) is 11.6 Å². The van der Waals surface area contributed by atoms with E-state index in [9.17, 15) is 12.8 Å². The van der Waals surface area contributed by atoms with Crippen molar-refractivity contribution in [1.29, 1.82) is 0 Å². The van der Waals surface area contributed by atoms with Crippen molar-refractivity contribution in [2.75, 3.05) is 25.6 Å². The Kier molecular flexibility index (Phi) is 6.93. The summed E-state index contributed by atoms with van der Waals surface area (Å²) in [7, 11) is -2.25. The number of anilines is 2. The third-order valence-electron chi connectivity index (χ3n) is 4.15. The Hall–Kier alpha value is -3.08. The van der Waals surface area contributed by atoms with Crippen molar-refractivity contribution in [3.63, 3.8) is 0 Å². The van der Waals surface area contributed by atoms with Crippen molar-refractivity contribution in [2.45, 2.75) is 11.3 Å². The molecule has 10 heteroatoms. The summed E-state index contributed by atoms with van der Waals surface area (Å²) in [5.74, 6) is -0.0695. The smallest absolute Gasteiger partial charge is 0.240 e. The van der Waals surface area contributed by atoms with Gasteiger partial charge in [0.25, 0.3) is 0 Å². The summed E-state index contributed by atoms with van der Waals surface area (Å²) in [5, 5.41) is 11.8. The van der Waals surface area contributed by atoms with E-state index in [-0.39, 0.29) is 29.7 Å². The molecule has 158 valence electrons. The SMILES string of the molecule is COc1ccc(-c2ccnc(Nc3ccc(S(=O)(=O)NCCCO)cc3)n2)cc1F. The summed E-state index contributed by atoms with van der Waals surface area (Å²) in [6.07, 6.45) is 1.88. The molecule has 0 amide bonds. The number of aliphatic hydroxyl groups is 1. The van der Waals surface area contributed by atoms with E-state index in [0.717, 1.165) is 0 Å². The van der Waals surface area contributed by atoms with Gasteiger partial charge in [0.1, 0.15) is 0 Å². The minimum absolute atomic E-state index is 0.0897. The molecule has 1 aromatic heterocycles. The molecule has 0 unspecified atom stereocenters. The van der Waals surface area contributed by atoms with Gasteiger partial charge < -0.3 is 15.2 Å². The number of aliphatic hydroxyl groups excluding tert-OH is 1. The highest BCUT2D eigenvalue weighted by atomic mass is 32.2. The van der Waals surface area contributed by atoms with Gasteiger partial charge in [-0.2, -0.15) is 0 Å². The second-order valence-electron chi connectivity index (χ2n) is 6.24. The van der Waals surface area contributed by atoms with Crippen LogP contribution in [0.4, 0.5) is 16.0 Å². The van der Waals surface area contributed by atoms with Gasteiger partial charge in [0.2, 0.25) is 16.0 Å². The first-order valence-electron chi connectivity index (χ1n) is 9.07. The molecule has 1 heterocycles. The van der Waals surface area contributed by atoms with Crippen LogP contribution in [0.1, 0.15) is 6.42 Å². The molecule has 8 nitrogen and oxygen atoms in total. The molecular formula is C20H21FN4O4S. The molecule has 0 radical (unpaired) electrons. The van der Waals surface area contributed by atoms with Crippen LogP contribution in [0.15, 0.2) is 59.6 Å². The fourth-order valence-electron chi connectivity index (χ4n) is 2.62. The topological polar surface area (TPSA) is 113 Å². The minimum atomic E-state index is -3.64. The van der Waals surface area contributed by atoms with E-state index in [1.165, 1.54) is 37.6 Å². The van der Waals surface area contributed by atoms with Crippen molar-refractivity contribution in [1.82, 2.24) is 14.7 Å². The van der Waals surface area contributed by atoms with E-state index in [1.807, 2.05) is 0 Å². The predicted molar refractivity (Wildman–Crippen MR) is 111 cm³/mol. The second kappa shape index (κ2) is 9.61. The molecule has 0 spiro atoms. The van der Waals surface area contributed by atoms with Crippen LogP contribution in [0.3, 0.4) is 0 Å². The molecule has 30 heavy (non-hydrogen) atoms. The van der Waals surface area contributed by atoms with Crippen molar-refractivity contribution < 1.29 is 22.7 Å². The lowest BCUT2D eigenvalue weighted by Crippen LogP contribution is -2.25. The first-order valence-corrected chi connectivity index (χ1v) is 10.6. The van der Waals surface area contributed by atoms with Crippen molar-refractivity contribution in [3.8, 4) is 17.0 Å². The number of halogens is 1. The maximum Gasteiger partial charge on any atom is 0.240 e. The van der Waals surface area contributed by atoms with Crippen LogP contribution in [0.5, 0.6) is 5.75 Å². The highest BCUT2D eigenvalue weighted by Crippen LogP contribution is 2.25. The molecule has 3 aromatic rings. The van der Waals surface area contributed by atoms with E-state index in [0.29, 0.717) is 23.4 Å². The van der Waals surface area contributed by atoms with Gasteiger partial charge in [-0.1, -0.05) is 0 Å². The van der Waals surface area contributed by atoms with Crippen molar-refractivity contribution in [3.05, 3.63) is 60.5 Å². The van der Waals surface area contributed by atoms with E-state index < -0.39 is 15.8 Å². The number of methoxy groups -OCH3 is 1. The van der Waals surface area contributed by atoms with Gasteiger partial charge in [-0.05, 0) is 55.0 Å². The molecular weight excluding hydrogens is 411 g/mol. The van der Waals surface area contributed by atoms with Crippen molar-refractivity contribution in [2.24, 2.45) is 0 Å². The minimum Gasteiger partial charge on any atom is -0.494 e. The van der Waals surface area contributed by atoms with Gasteiger partial charge in [0, 0.05) is 30.6 Å². The maximum absolute atomic E-state index is 14.0. The highest BCUT2D eigenvalue weighted by Gasteiger charge is 2.13. The average molecular weight is 432 g/mol. The van der Waals surface area contributed by atoms with Gasteiger partial charge in [-0.25, -0.2) is 27.5 Å². The molecule has 2 aromatic carbocycles. The van der Waals surface area contributed by atoms with Crippen LogP contribution in [0.25, 0.3) is 11.3 Å². The summed E-state index contributed by atoms with van der Waals surface area (Å²) < 4.78 is 45.6. The third kappa shape index (κ3) is 5.29. The van der Waals surface area contributed by atoms with Gasteiger partial charge >= 0.3 is 0 Å². The number of benzene rings is 2. The number of nitrogens with zero attached hydrogens (tertiary/aromatic N) is 2. The number of hydrogen-bond donors (Lipinski definition) is 3. The van der Waals surface area contributed by atoms with Crippen LogP contribution in [0.2, 0.25) is 0 Å². The normalized spacial score (nSPS) is 11.3. The number of ether oxygens (including phenoxy) is 1. The first kappa shape index (κ1) is 21.6. The molecule has 0 saturated carbocycles. The van der Waals surface area contributed by atoms with Crippen LogP contribution in [0, 0.1) is 5.82 Å². The van der Waals surface area contributed by atoms with Crippen LogP contribution in [-0.4, -0.2) is 43.8 Å². The Balaban J connectivity index is 1.74. The summed E-state index contributed by atoms with van der Waals surface area (Å²) in [6.45, 7) is 0.0685. The molecule has 3 rings (SSSR count). The molecule has 0 saturated heterocycles. The summed E-state index contributed by atoms with van der Waals surface area (Å²) in [5.41, 5.74) is 1.66. The van der Waals surface area contributed by atoms with Gasteiger partial charge in [-0.15, -0.1) is 0 Å². The fraction of sp³-hybridized carbons (Fsp3) is 0.200. The van der Waals surface area contributed by atoms with E-state index in [2.05, 4.69) is 20.0 Å². The zero-order valence-electron chi connectivity index (χ0n) is 16.2. The van der Waals surface area contributed by atoms with Crippen LogP contribution >= 0.6 is 0 Å². The molecule has 3 N–H and O–H groups in total. The monoisotopic (exact) mass is 432 g/mol. The summed E-state index contributed by atoms with van der Waals surface area (Å²) in [6, 6.07) is 12.3. The summed E-state index contributed by atoms with van der Waals surface area (Å²) >= 11 is 0. The molecule has 0 bridgehead atoms. The molecule has 0 aliphatic heterocycles. The van der Waals surface area contributed by atoms with E-state index in [4.69, 9.17) is 9.84 Å². The fourth-order valence-corrected chi connectivity index (χ4v) is 3.69. The lowest BCUT2D eigenvalue weighted by Gasteiger charge is -2.09. The molecule has 0 aliphatic carbocycles. The Morgan fingerprint density at radius 3 is 2.57 bits per heavy atom. The standard InChI is InChI=1S/C20H21FN4O4S/c1-29-19-8-3-14(13-17(19)21)18-9-11-22-20(25-18)24-15-4-6-16(7-5-15)30(27,28)23-10-2-12-26/h3-9,11,13,23,26H,2,10,12H2,1H3,(H,22,24,25). The quantitative estimate of drug-likeness (QED) is 0.446. The first-order chi connectivity index (χ1) is 14.4. The molecule has 0 aliphatic rings. The Bertz CT molecular complexity index is 1110. The van der Waals surface area contributed by atoms with E-state index in [1.54, 1.807) is 24.3 Å². The number of hydrogen-bond acceptors (Lipinski definition) is 7. The average Bonchev–Trinajstić information content (AvgIpc) is 2.74. The molecule has 0 atom stereocenters. The zero-order valence-corrected chi connectivity index (χ0v) is 17.0. The predicted octanol–water partition coefficient (Wildman–Crippen LogP) is 2.70. The van der Waals surface area contributed by atoms with E-state index >= 15 is 0 Å². The largest absolute Gasteiger partial charge is 0.494 e. The van der Waals surface area contributed by atoms with Gasteiger partial charge in [-0.3, -0.25) is 0 Å². The maximum atomic E-state index is 14.0. The Morgan fingerprint density at radius 1 is 1.13 bits per heavy atom. The van der Waals surface area contributed by atoms with Crippen LogP contribution < -0.4 is 14.8 Å². The summed E-state index contributed by atoms with van der Waals surface area (Å²) in [4.78, 5) is 8.62. The lowest BCUT2D eigenvalue weighted by molar-refractivity contribution is 0.289. The zero-order chi connectivity index (χ0) is 21.6. The number of rotatable bonds is 9. The number of aromatic nitrogens is 2. The Morgan fingerprint density at radius 2 is 1.90 bits per heavy atom. The van der Waals surface area contributed by atoms with Gasteiger partial charge in [0.05, 0.1) is 17.7 Å². The third-order valence-corrected chi connectivity index (χ3v) is 5.63. The lowest BCUT2D eigenvalue weighted by atomic mass is 10.1. The van der Waals surface area contributed by atoms with Crippen LogP contribution in [-0.2, 0) is 10.0 Å². The van der Waals surface area contributed by atoms with Crippen molar-refractivity contribution >= 4 is 21.7 Å². The number of sulfonamides is 1.